The Hall–Kier alpha value is -1.84. The van der Waals surface area contributed by atoms with Crippen molar-refractivity contribution in [2.24, 2.45) is 5.92 Å². The summed E-state index contributed by atoms with van der Waals surface area (Å²) in [5, 5.41) is 4.92. The van der Waals surface area contributed by atoms with Gasteiger partial charge in [0.2, 0.25) is 5.91 Å². The van der Waals surface area contributed by atoms with Crippen LogP contribution < -0.4 is 10.6 Å². The second-order valence-electron chi connectivity index (χ2n) is 4.50. The normalized spacial score (nSPS) is 11.4. The van der Waals surface area contributed by atoms with E-state index in [1.807, 2.05) is 47.6 Å². The highest BCUT2D eigenvalue weighted by Gasteiger charge is 2.07. The average molecular weight is 294 g/mol. The summed E-state index contributed by atoms with van der Waals surface area (Å²) in [5.41, 5.74) is 1.67. The van der Waals surface area contributed by atoms with Crippen LogP contribution in [0.1, 0.15) is 54.4 Å². The molecule has 0 aromatic carbocycles. The number of carbonyl (C=O) groups is 2. The first-order chi connectivity index (χ1) is 9.94. The smallest absolute Gasteiger partial charge is 0.308 e. The van der Waals surface area contributed by atoms with E-state index in [1.54, 1.807) is 12.2 Å². The van der Waals surface area contributed by atoms with Crippen molar-refractivity contribution in [2.75, 3.05) is 0 Å². The number of imide groups is 1. The van der Waals surface area contributed by atoms with E-state index in [1.165, 1.54) is 0 Å². The minimum atomic E-state index is -0.505. The maximum atomic E-state index is 11.6. The van der Waals surface area contributed by atoms with Gasteiger partial charge in [0.15, 0.2) is 0 Å². The first-order valence-corrected chi connectivity index (χ1v) is 7.55. The lowest BCUT2D eigenvalue weighted by molar-refractivity contribution is -0.120. The van der Waals surface area contributed by atoms with Crippen molar-refractivity contribution in [1.29, 1.82) is 0 Å². The topological polar surface area (TPSA) is 58.2 Å². The lowest BCUT2D eigenvalue weighted by Gasteiger charge is -2.10. The van der Waals surface area contributed by atoms with Crippen LogP contribution in [0.3, 0.4) is 0 Å². The third kappa shape index (κ3) is 10.6. The van der Waals surface area contributed by atoms with Crippen LogP contribution in [0.15, 0.2) is 36.1 Å². The van der Waals surface area contributed by atoms with Crippen LogP contribution in [0.25, 0.3) is 0 Å². The lowest BCUT2D eigenvalue weighted by Crippen LogP contribution is -2.38. The maximum Gasteiger partial charge on any atom is 0.325 e. The highest BCUT2D eigenvalue weighted by molar-refractivity contribution is 5.95. The van der Waals surface area contributed by atoms with Gasteiger partial charge in [-0.05, 0) is 30.9 Å². The Labute approximate surface area is 129 Å². The number of nitrogens with one attached hydrogen (secondary N) is 2. The largest absolute Gasteiger partial charge is 0.325 e. The van der Waals surface area contributed by atoms with Gasteiger partial charge in [-0.2, -0.15) is 0 Å². The number of carbonyl (C=O) groups excluding carboxylic acids is 2. The van der Waals surface area contributed by atoms with Crippen molar-refractivity contribution in [2.45, 2.75) is 54.4 Å². The Kier molecular flexibility index (Phi) is 13.4. The van der Waals surface area contributed by atoms with Gasteiger partial charge in [0.05, 0.1) is 0 Å². The molecule has 0 spiro atoms. The van der Waals surface area contributed by atoms with Crippen LogP contribution in [0, 0.1) is 5.92 Å². The molecule has 3 amide bonds. The van der Waals surface area contributed by atoms with E-state index in [0.29, 0.717) is 24.5 Å². The molecule has 0 aliphatic rings. The summed E-state index contributed by atoms with van der Waals surface area (Å²) in [6.07, 6.45) is 6.44. The summed E-state index contributed by atoms with van der Waals surface area (Å²) < 4.78 is 0. The van der Waals surface area contributed by atoms with Crippen molar-refractivity contribution < 1.29 is 9.59 Å². The van der Waals surface area contributed by atoms with Crippen molar-refractivity contribution in [3.05, 3.63) is 36.1 Å². The fourth-order valence-corrected chi connectivity index (χ4v) is 1.41. The van der Waals surface area contributed by atoms with Gasteiger partial charge in [-0.25, -0.2) is 4.79 Å². The van der Waals surface area contributed by atoms with E-state index >= 15 is 0 Å². The van der Waals surface area contributed by atoms with Crippen LogP contribution in [0.5, 0.6) is 0 Å². The zero-order valence-electron chi connectivity index (χ0n) is 14.2. The summed E-state index contributed by atoms with van der Waals surface area (Å²) in [6, 6.07) is -0.505. The van der Waals surface area contributed by atoms with Gasteiger partial charge in [-0.3, -0.25) is 10.1 Å². The molecule has 0 fully saturated rings. The SMILES string of the molecule is C=C/C(=C\C(=C/C)NC(=O)NC(=O)CCC)C(C)C.CC. The monoisotopic (exact) mass is 294 g/mol. The summed E-state index contributed by atoms with van der Waals surface area (Å²) in [4.78, 5) is 22.9. The van der Waals surface area contributed by atoms with E-state index in [2.05, 4.69) is 17.2 Å². The Morgan fingerprint density at radius 3 is 2.14 bits per heavy atom. The van der Waals surface area contributed by atoms with Gasteiger partial charge < -0.3 is 5.32 Å². The predicted molar refractivity (Wildman–Crippen MR) is 89.8 cm³/mol. The summed E-state index contributed by atoms with van der Waals surface area (Å²) in [6.45, 7) is 15.5. The van der Waals surface area contributed by atoms with E-state index < -0.39 is 6.03 Å². The minimum Gasteiger partial charge on any atom is -0.308 e. The van der Waals surface area contributed by atoms with Crippen LogP contribution in [0.2, 0.25) is 0 Å². The molecular formula is C17H30N2O2. The summed E-state index contributed by atoms with van der Waals surface area (Å²) >= 11 is 0. The predicted octanol–water partition coefficient (Wildman–Crippen LogP) is 4.31. The van der Waals surface area contributed by atoms with Gasteiger partial charge in [0, 0.05) is 12.1 Å². The van der Waals surface area contributed by atoms with E-state index in [-0.39, 0.29) is 5.91 Å². The van der Waals surface area contributed by atoms with Crippen LogP contribution in [0.4, 0.5) is 4.79 Å². The first-order valence-electron chi connectivity index (χ1n) is 7.55. The molecule has 21 heavy (non-hydrogen) atoms. The van der Waals surface area contributed by atoms with Gasteiger partial charge >= 0.3 is 6.03 Å². The number of hydrogen-bond donors (Lipinski definition) is 2. The second kappa shape index (κ2) is 13.2. The van der Waals surface area contributed by atoms with E-state index in [0.717, 1.165) is 5.57 Å². The molecule has 4 heteroatoms. The van der Waals surface area contributed by atoms with Crippen molar-refractivity contribution in [1.82, 2.24) is 10.6 Å². The number of urea groups is 1. The number of amides is 3. The molecule has 0 saturated carbocycles. The summed E-state index contributed by atoms with van der Waals surface area (Å²) in [7, 11) is 0. The molecule has 0 aromatic rings. The van der Waals surface area contributed by atoms with Crippen molar-refractivity contribution >= 4 is 11.9 Å². The van der Waals surface area contributed by atoms with Gasteiger partial charge in [-0.1, -0.05) is 53.3 Å². The molecule has 0 bridgehead atoms. The quantitative estimate of drug-likeness (QED) is 0.717. The number of hydrogen-bond acceptors (Lipinski definition) is 2. The molecule has 0 rings (SSSR count). The fraction of sp³-hybridized carbons (Fsp3) is 0.529. The highest BCUT2D eigenvalue weighted by Crippen LogP contribution is 2.12. The lowest BCUT2D eigenvalue weighted by atomic mass is 10.0. The standard InChI is InChI=1S/C15H24N2O2.C2H6/c1-6-9-14(18)17-15(19)16-13(8-3)10-12(7-2)11(4)5;1-2/h7-8,10-11H,2,6,9H2,1,3-5H3,(H2,16,17,18,19);1-2H3/b12-10+,13-8+;. The Morgan fingerprint density at radius 1 is 1.19 bits per heavy atom. The van der Waals surface area contributed by atoms with E-state index in [4.69, 9.17) is 0 Å². The second-order valence-corrected chi connectivity index (χ2v) is 4.50. The van der Waals surface area contributed by atoms with Crippen LogP contribution >= 0.6 is 0 Å². The molecule has 0 radical (unpaired) electrons. The molecule has 0 atom stereocenters. The highest BCUT2D eigenvalue weighted by atomic mass is 16.2. The molecule has 2 N–H and O–H groups in total. The molecule has 0 saturated heterocycles. The van der Waals surface area contributed by atoms with Crippen LogP contribution in [-0.2, 0) is 4.79 Å². The Morgan fingerprint density at radius 2 is 1.76 bits per heavy atom. The molecular weight excluding hydrogens is 264 g/mol. The molecule has 0 unspecified atom stereocenters. The molecule has 0 aliphatic carbocycles. The van der Waals surface area contributed by atoms with Crippen molar-refractivity contribution in [3.8, 4) is 0 Å². The molecule has 0 aromatic heterocycles. The van der Waals surface area contributed by atoms with Gasteiger partial charge in [0.25, 0.3) is 0 Å². The third-order valence-corrected chi connectivity index (χ3v) is 2.52. The molecule has 4 nitrogen and oxygen atoms in total. The van der Waals surface area contributed by atoms with Crippen molar-refractivity contribution in [3.63, 3.8) is 0 Å². The minimum absolute atomic E-state index is 0.271. The maximum absolute atomic E-state index is 11.6. The number of rotatable bonds is 6. The molecule has 120 valence electrons. The first kappa shape index (κ1) is 21.5. The Balaban J connectivity index is 0. The summed E-state index contributed by atoms with van der Waals surface area (Å²) in [5.74, 6) is 0.0475. The molecule has 0 aliphatic heterocycles. The van der Waals surface area contributed by atoms with Crippen LogP contribution in [-0.4, -0.2) is 11.9 Å². The number of allylic oxidation sites excluding steroid dienone is 4. The average Bonchev–Trinajstić information content (AvgIpc) is 2.45. The fourth-order valence-electron chi connectivity index (χ4n) is 1.41. The zero-order valence-corrected chi connectivity index (χ0v) is 14.2. The van der Waals surface area contributed by atoms with E-state index in [9.17, 15) is 9.59 Å². The molecule has 0 heterocycles. The third-order valence-electron chi connectivity index (χ3n) is 2.52. The Bertz CT molecular complexity index is 394. The van der Waals surface area contributed by atoms with Gasteiger partial charge in [-0.15, -0.1) is 0 Å². The van der Waals surface area contributed by atoms with Gasteiger partial charge in [0.1, 0.15) is 0 Å². The zero-order chi connectivity index (χ0) is 16.8.